The number of carbonyl (C=O) groups excluding carboxylic acids is 1. The Kier molecular flexibility index (Phi) is 3.29. The summed E-state index contributed by atoms with van der Waals surface area (Å²) in [7, 11) is 0. The van der Waals surface area contributed by atoms with Crippen molar-refractivity contribution in [1.82, 2.24) is 4.90 Å². The quantitative estimate of drug-likeness (QED) is 0.784. The van der Waals surface area contributed by atoms with Gasteiger partial charge in [-0.05, 0) is 12.5 Å². The van der Waals surface area contributed by atoms with Crippen LogP contribution in [0, 0.1) is 11.3 Å². The number of cyclic esters (lactones) is 1. The summed E-state index contributed by atoms with van der Waals surface area (Å²) in [5.41, 5.74) is 1.07. The Balaban J connectivity index is 2.09. The molecular weight excluding hydrogens is 216 g/mol. The molecule has 0 bridgehead atoms. The molecule has 4 heteroatoms. The van der Waals surface area contributed by atoms with E-state index < -0.39 is 12.2 Å². The second-order valence-electron chi connectivity index (χ2n) is 4.07. The molecule has 0 aromatic heterocycles. The SMILES string of the molecule is CC(c1ccccc1)N1CCC(C#N)OC1=O. The van der Waals surface area contributed by atoms with Crippen LogP contribution in [0.4, 0.5) is 4.79 Å². The maximum atomic E-state index is 11.7. The molecule has 2 unspecified atom stereocenters. The van der Waals surface area contributed by atoms with Crippen LogP contribution in [-0.4, -0.2) is 23.6 Å². The zero-order valence-corrected chi connectivity index (χ0v) is 9.67. The molecule has 1 aliphatic rings. The van der Waals surface area contributed by atoms with E-state index in [1.165, 1.54) is 0 Å². The van der Waals surface area contributed by atoms with Gasteiger partial charge in [-0.2, -0.15) is 5.26 Å². The minimum Gasteiger partial charge on any atom is -0.431 e. The van der Waals surface area contributed by atoms with Gasteiger partial charge in [0.05, 0.1) is 6.04 Å². The first-order valence-corrected chi connectivity index (χ1v) is 5.64. The lowest BCUT2D eigenvalue weighted by molar-refractivity contribution is 0.0342. The van der Waals surface area contributed by atoms with Gasteiger partial charge in [-0.1, -0.05) is 30.3 Å². The van der Waals surface area contributed by atoms with Crippen LogP contribution in [0.2, 0.25) is 0 Å². The predicted molar refractivity (Wildman–Crippen MR) is 62.1 cm³/mol. The highest BCUT2D eigenvalue weighted by atomic mass is 16.6. The first-order chi connectivity index (χ1) is 8.22. The number of amides is 1. The average Bonchev–Trinajstić information content (AvgIpc) is 2.39. The summed E-state index contributed by atoms with van der Waals surface area (Å²) in [4.78, 5) is 13.4. The third-order valence-electron chi connectivity index (χ3n) is 3.00. The van der Waals surface area contributed by atoms with Gasteiger partial charge >= 0.3 is 6.09 Å². The van der Waals surface area contributed by atoms with Gasteiger partial charge in [-0.25, -0.2) is 4.79 Å². The summed E-state index contributed by atoms with van der Waals surface area (Å²) < 4.78 is 5.02. The number of benzene rings is 1. The zero-order valence-electron chi connectivity index (χ0n) is 9.67. The van der Waals surface area contributed by atoms with E-state index in [2.05, 4.69) is 0 Å². The molecule has 17 heavy (non-hydrogen) atoms. The van der Waals surface area contributed by atoms with E-state index in [1.807, 2.05) is 43.3 Å². The van der Waals surface area contributed by atoms with Gasteiger partial charge in [0.2, 0.25) is 0 Å². The molecule has 2 atom stereocenters. The summed E-state index contributed by atoms with van der Waals surface area (Å²) >= 11 is 0. The maximum absolute atomic E-state index is 11.7. The largest absolute Gasteiger partial charge is 0.431 e. The van der Waals surface area contributed by atoms with Crippen molar-refractivity contribution in [3.63, 3.8) is 0 Å². The van der Waals surface area contributed by atoms with Crippen molar-refractivity contribution in [1.29, 1.82) is 5.26 Å². The molecule has 0 aliphatic carbocycles. The molecule has 1 aliphatic heterocycles. The van der Waals surface area contributed by atoms with Crippen molar-refractivity contribution in [3.05, 3.63) is 35.9 Å². The fourth-order valence-electron chi connectivity index (χ4n) is 1.95. The molecule has 0 saturated carbocycles. The van der Waals surface area contributed by atoms with Crippen LogP contribution in [0.3, 0.4) is 0 Å². The number of rotatable bonds is 2. The standard InChI is InChI=1S/C13H14N2O2/c1-10(11-5-3-2-4-6-11)15-8-7-12(9-14)17-13(15)16/h2-6,10,12H,7-8H2,1H3. The number of nitriles is 1. The fourth-order valence-corrected chi connectivity index (χ4v) is 1.95. The molecule has 1 aromatic rings. The molecule has 1 heterocycles. The smallest absolute Gasteiger partial charge is 0.411 e. The molecule has 0 N–H and O–H groups in total. The summed E-state index contributed by atoms with van der Waals surface area (Å²) in [5, 5.41) is 8.70. The van der Waals surface area contributed by atoms with E-state index in [-0.39, 0.29) is 6.04 Å². The van der Waals surface area contributed by atoms with Crippen molar-refractivity contribution in [2.45, 2.75) is 25.5 Å². The lowest BCUT2D eigenvalue weighted by Gasteiger charge is -2.33. The second kappa shape index (κ2) is 4.88. The van der Waals surface area contributed by atoms with Crippen molar-refractivity contribution in [2.24, 2.45) is 0 Å². The van der Waals surface area contributed by atoms with Gasteiger partial charge in [-0.3, -0.25) is 0 Å². The van der Waals surface area contributed by atoms with E-state index in [1.54, 1.807) is 4.90 Å². The molecule has 0 radical (unpaired) electrons. The maximum Gasteiger partial charge on any atom is 0.411 e. The van der Waals surface area contributed by atoms with Crippen LogP contribution in [0.1, 0.15) is 24.9 Å². The van der Waals surface area contributed by atoms with Crippen LogP contribution in [0.15, 0.2) is 30.3 Å². The van der Waals surface area contributed by atoms with Crippen LogP contribution in [0.25, 0.3) is 0 Å². The topological polar surface area (TPSA) is 53.3 Å². The molecule has 0 spiro atoms. The zero-order chi connectivity index (χ0) is 12.3. The van der Waals surface area contributed by atoms with E-state index in [9.17, 15) is 4.79 Å². The Morgan fingerprint density at radius 1 is 1.47 bits per heavy atom. The Hall–Kier alpha value is -2.02. The molecule has 1 fully saturated rings. The highest BCUT2D eigenvalue weighted by molar-refractivity contribution is 5.69. The number of hydrogen-bond donors (Lipinski definition) is 0. The lowest BCUT2D eigenvalue weighted by Crippen LogP contribution is -2.42. The summed E-state index contributed by atoms with van der Waals surface area (Å²) in [5.74, 6) is 0. The highest BCUT2D eigenvalue weighted by Gasteiger charge is 2.30. The van der Waals surface area contributed by atoms with Gasteiger partial charge in [0.1, 0.15) is 6.07 Å². The van der Waals surface area contributed by atoms with Crippen LogP contribution < -0.4 is 0 Å². The monoisotopic (exact) mass is 230 g/mol. The van der Waals surface area contributed by atoms with E-state index in [0.29, 0.717) is 13.0 Å². The van der Waals surface area contributed by atoms with Crippen molar-refractivity contribution in [3.8, 4) is 6.07 Å². The number of nitrogens with zero attached hydrogens (tertiary/aromatic N) is 2. The fraction of sp³-hybridized carbons (Fsp3) is 0.385. The summed E-state index contributed by atoms with van der Waals surface area (Å²) in [6.45, 7) is 2.52. The number of hydrogen-bond acceptors (Lipinski definition) is 3. The van der Waals surface area contributed by atoms with Crippen LogP contribution >= 0.6 is 0 Å². The van der Waals surface area contributed by atoms with Crippen molar-refractivity contribution in [2.75, 3.05) is 6.54 Å². The first kappa shape index (κ1) is 11.5. The Bertz CT molecular complexity index is 438. The molecule has 4 nitrogen and oxygen atoms in total. The third kappa shape index (κ3) is 2.39. The van der Waals surface area contributed by atoms with Crippen LogP contribution in [0.5, 0.6) is 0 Å². The third-order valence-corrected chi connectivity index (χ3v) is 3.00. The molecule has 1 amide bonds. The number of carbonyl (C=O) groups is 1. The normalized spacial score (nSPS) is 21.5. The van der Waals surface area contributed by atoms with E-state index >= 15 is 0 Å². The van der Waals surface area contributed by atoms with Gasteiger partial charge < -0.3 is 9.64 Å². The average molecular weight is 230 g/mol. The minimum atomic E-state index is -0.596. The highest BCUT2D eigenvalue weighted by Crippen LogP contribution is 2.24. The molecule has 1 aromatic carbocycles. The summed E-state index contributed by atoms with van der Waals surface area (Å²) in [6.07, 6.45) is -0.430. The van der Waals surface area contributed by atoms with Gasteiger partial charge in [0.15, 0.2) is 6.10 Å². The number of ether oxygens (including phenoxy) is 1. The Labute approximate surface area is 100 Å². The van der Waals surface area contributed by atoms with Gasteiger partial charge in [0.25, 0.3) is 0 Å². The lowest BCUT2D eigenvalue weighted by atomic mass is 10.1. The molecular formula is C13H14N2O2. The Morgan fingerprint density at radius 2 is 2.18 bits per heavy atom. The van der Waals surface area contributed by atoms with Gasteiger partial charge in [-0.15, -0.1) is 0 Å². The van der Waals surface area contributed by atoms with E-state index in [4.69, 9.17) is 10.00 Å². The summed E-state index contributed by atoms with van der Waals surface area (Å²) in [6, 6.07) is 11.7. The first-order valence-electron chi connectivity index (χ1n) is 5.64. The molecule has 1 saturated heterocycles. The molecule has 2 rings (SSSR count). The van der Waals surface area contributed by atoms with Crippen LogP contribution in [-0.2, 0) is 4.74 Å². The van der Waals surface area contributed by atoms with Crippen molar-refractivity contribution >= 4 is 6.09 Å². The van der Waals surface area contributed by atoms with Crippen molar-refractivity contribution < 1.29 is 9.53 Å². The predicted octanol–water partition coefficient (Wildman–Crippen LogP) is 2.48. The Morgan fingerprint density at radius 3 is 2.76 bits per heavy atom. The molecule has 88 valence electrons. The minimum absolute atomic E-state index is 0.0247. The van der Waals surface area contributed by atoms with E-state index in [0.717, 1.165) is 5.56 Å². The van der Waals surface area contributed by atoms with Gasteiger partial charge in [0, 0.05) is 13.0 Å². The second-order valence-corrected chi connectivity index (χ2v) is 4.07.